The van der Waals surface area contributed by atoms with Crippen molar-refractivity contribution >= 4 is 34.4 Å². The van der Waals surface area contributed by atoms with E-state index in [1.807, 2.05) is 0 Å². The lowest BCUT2D eigenvalue weighted by atomic mass is 10.1. The Morgan fingerprint density at radius 1 is 1.25 bits per heavy atom. The van der Waals surface area contributed by atoms with Gasteiger partial charge in [-0.2, -0.15) is 4.37 Å². The second kappa shape index (κ2) is 12.1. The Morgan fingerprint density at radius 2 is 2.03 bits per heavy atom. The van der Waals surface area contributed by atoms with Crippen molar-refractivity contribution in [3.8, 4) is 5.88 Å². The molecule has 2 aliphatic rings. The summed E-state index contributed by atoms with van der Waals surface area (Å²) in [7, 11) is 0. The molecule has 36 heavy (non-hydrogen) atoms. The van der Waals surface area contributed by atoms with E-state index in [1.54, 1.807) is 0 Å². The van der Waals surface area contributed by atoms with Gasteiger partial charge in [-0.3, -0.25) is 14.9 Å². The van der Waals surface area contributed by atoms with Crippen LogP contribution in [0.2, 0.25) is 0 Å². The quantitative estimate of drug-likeness (QED) is 0.281. The highest BCUT2D eigenvalue weighted by Gasteiger charge is 2.25. The molecule has 1 saturated heterocycles. The number of aromatic nitrogens is 1. The molecule has 1 aliphatic carbocycles. The molecule has 0 spiro atoms. The third kappa shape index (κ3) is 7.12. The number of rotatable bonds is 11. The molecule has 1 aromatic carbocycles. The number of nitrogens with zero attached hydrogens (tertiary/aromatic N) is 2. The lowest BCUT2D eigenvalue weighted by Crippen LogP contribution is -2.44. The molecule has 11 nitrogen and oxygen atoms in total. The average molecular weight is 520 g/mol. The van der Waals surface area contributed by atoms with Gasteiger partial charge in [0.05, 0.1) is 0 Å². The van der Waals surface area contributed by atoms with Gasteiger partial charge in [-0.15, -0.1) is 0 Å². The van der Waals surface area contributed by atoms with Crippen LogP contribution in [0.15, 0.2) is 18.2 Å². The second-order valence-corrected chi connectivity index (χ2v) is 9.50. The standard InChI is InChI=1S/C23H30FN7O4S/c24-17-5-2-14(20(33)28-16-3-4-16)12-15(17)13-35-21-18(19(25)32)22(36-30-21)29-23(34)27-6-1-9-31-10-7-26-8-11-31/h2,5,12,16,26H,1,3-4,6-11,13H2,(H2,25,32)(H,28,33)(H2,27,29,34). The summed E-state index contributed by atoms with van der Waals surface area (Å²) >= 11 is 0.835. The van der Waals surface area contributed by atoms with Crippen LogP contribution < -0.4 is 31.7 Å². The Bertz CT molecular complexity index is 1100. The van der Waals surface area contributed by atoms with Crippen LogP contribution in [-0.4, -0.2) is 72.4 Å². The molecule has 6 N–H and O–H groups in total. The molecule has 1 aliphatic heterocycles. The maximum absolute atomic E-state index is 14.3. The van der Waals surface area contributed by atoms with Gasteiger partial charge in [0.1, 0.15) is 23.0 Å². The Labute approximate surface area is 212 Å². The van der Waals surface area contributed by atoms with Gasteiger partial charge in [0.25, 0.3) is 11.8 Å². The van der Waals surface area contributed by atoms with Crippen LogP contribution in [0.4, 0.5) is 14.2 Å². The van der Waals surface area contributed by atoms with Gasteiger partial charge in [0.15, 0.2) is 0 Å². The first-order valence-corrected chi connectivity index (χ1v) is 12.7. The van der Waals surface area contributed by atoms with Crippen molar-refractivity contribution in [3.05, 3.63) is 40.7 Å². The topological polar surface area (TPSA) is 151 Å². The smallest absolute Gasteiger partial charge is 0.319 e. The van der Waals surface area contributed by atoms with Crippen molar-refractivity contribution < 1.29 is 23.5 Å². The summed E-state index contributed by atoms with van der Waals surface area (Å²) in [6, 6.07) is 3.67. The van der Waals surface area contributed by atoms with E-state index in [-0.39, 0.29) is 40.6 Å². The Morgan fingerprint density at radius 3 is 2.75 bits per heavy atom. The molecule has 13 heteroatoms. The van der Waals surface area contributed by atoms with Gasteiger partial charge >= 0.3 is 6.03 Å². The number of primary amides is 1. The number of carbonyl (C=O) groups is 3. The number of ether oxygens (including phenoxy) is 1. The van der Waals surface area contributed by atoms with Gasteiger partial charge in [-0.25, -0.2) is 9.18 Å². The van der Waals surface area contributed by atoms with E-state index in [0.29, 0.717) is 12.1 Å². The molecule has 2 heterocycles. The molecule has 1 aromatic heterocycles. The molecule has 4 rings (SSSR count). The first-order chi connectivity index (χ1) is 17.4. The lowest BCUT2D eigenvalue weighted by molar-refractivity contribution is 0.0949. The summed E-state index contributed by atoms with van der Waals surface area (Å²) in [6.07, 6.45) is 2.66. The molecule has 0 unspecified atom stereocenters. The largest absolute Gasteiger partial charge is 0.471 e. The number of anilines is 1. The molecule has 4 amide bonds. The SMILES string of the molecule is NC(=O)c1c(OCc2cc(C(=O)NC3CC3)ccc2F)nsc1NC(=O)NCCCN1CCNCC1. The molecule has 0 radical (unpaired) electrons. The van der Waals surface area contributed by atoms with E-state index in [4.69, 9.17) is 10.5 Å². The Hall–Kier alpha value is -3.29. The second-order valence-electron chi connectivity index (χ2n) is 8.72. The summed E-state index contributed by atoms with van der Waals surface area (Å²) in [5.41, 5.74) is 5.83. The van der Waals surface area contributed by atoms with E-state index in [9.17, 15) is 18.8 Å². The molecular formula is C23H30FN7O4S. The minimum absolute atomic E-state index is 0.0981. The van der Waals surface area contributed by atoms with E-state index >= 15 is 0 Å². The Balaban J connectivity index is 1.31. The zero-order valence-electron chi connectivity index (χ0n) is 19.8. The van der Waals surface area contributed by atoms with E-state index in [0.717, 1.165) is 63.5 Å². The zero-order valence-corrected chi connectivity index (χ0v) is 20.6. The van der Waals surface area contributed by atoms with Crippen molar-refractivity contribution in [2.45, 2.75) is 31.9 Å². The van der Waals surface area contributed by atoms with Crippen LogP contribution in [0.5, 0.6) is 5.88 Å². The molecule has 2 fully saturated rings. The number of halogens is 1. The van der Waals surface area contributed by atoms with Gasteiger partial charge in [-0.1, -0.05) is 0 Å². The molecule has 194 valence electrons. The van der Waals surface area contributed by atoms with Crippen molar-refractivity contribution in [2.75, 3.05) is 44.6 Å². The van der Waals surface area contributed by atoms with Crippen molar-refractivity contribution in [3.63, 3.8) is 0 Å². The maximum Gasteiger partial charge on any atom is 0.319 e. The van der Waals surface area contributed by atoms with E-state index in [2.05, 4.69) is 30.5 Å². The highest BCUT2D eigenvalue weighted by atomic mass is 32.1. The fourth-order valence-corrected chi connectivity index (χ4v) is 4.47. The monoisotopic (exact) mass is 519 g/mol. The molecule has 1 saturated carbocycles. The van der Waals surface area contributed by atoms with Crippen LogP contribution in [0.25, 0.3) is 0 Å². The number of piperazine rings is 1. The van der Waals surface area contributed by atoms with Gasteiger partial charge in [0.2, 0.25) is 5.88 Å². The zero-order chi connectivity index (χ0) is 25.5. The number of carbonyl (C=O) groups excluding carboxylic acids is 3. The number of urea groups is 1. The van der Waals surface area contributed by atoms with Crippen LogP contribution in [0.3, 0.4) is 0 Å². The van der Waals surface area contributed by atoms with Gasteiger partial charge in [0, 0.05) is 49.9 Å². The molecule has 0 bridgehead atoms. The predicted molar refractivity (Wildman–Crippen MR) is 133 cm³/mol. The maximum atomic E-state index is 14.3. The molecule has 0 atom stereocenters. The fraction of sp³-hybridized carbons (Fsp3) is 0.478. The van der Waals surface area contributed by atoms with E-state index in [1.165, 1.54) is 18.2 Å². The van der Waals surface area contributed by atoms with Gasteiger partial charge < -0.3 is 31.3 Å². The number of hydrogen-bond acceptors (Lipinski definition) is 8. The number of amides is 4. The number of nitrogens with one attached hydrogen (secondary N) is 4. The van der Waals surface area contributed by atoms with Crippen LogP contribution in [0.1, 0.15) is 45.5 Å². The minimum Gasteiger partial charge on any atom is -0.471 e. The normalized spacial score (nSPS) is 15.8. The number of benzene rings is 1. The number of nitrogens with two attached hydrogens (primary N) is 1. The Kier molecular flexibility index (Phi) is 8.67. The minimum atomic E-state index is -0.842. The first-order valence-electron chi connectivity index (χ1n) is 11.9. The first kappa shape index (κ1) is 25.8. The summed E-state index contributed by atoms with van der Waals surface area (Å²) in [6.45, 7) is 4.97. The summed E-state index contributed by atoms with van der Waals surface area (Å²) in [5, 5.41) is 11.6. The highest BCUT2D eigenvalue weighted by Crippen LogP contribution is 2.31. The molecular weight excluding hydrogens is 489 g/mol. The van der Waals surface area contributed by atoms with Crippen LogP contribution >= 0.6 is 11.5 Å². The van der Waals surface area contributed by atoms with Crippen LogP contribution in [-0.2, 0) is 6.61 Å². The summed E-state index contributed by atoms with van der Waals surface area (Å²) in [4.78, 5) is 38.9. The van der Waals surface area contributed by atoms with Crippen LogP contribution in [0, 0.1) is 5.82 Å². The average Bonchev–Trinajstić information content (AvgIpc) is 3.59. The van der Waals surface area contributed by atoms with Gasteiger partial charge in [-0.05, 0) is 55.5 Å². The molecule has 2 aromatic rings. The summed E-state index contributed by atoms with van der Waals surface area (Å²) < 4.78 is 23.9. The predicted octanol–water partition coefficient (Wildman–Crippen LogP) is 1.27. The lowest BCUT2D eigenvalue weighted by Gasteiger charge is -2.27. The van der Waals surface area contributed by atoms with E-state index < -0.39 is 17.8 Å². The fourth-order valence-electron chi connectivity index (χ4n) is 3.73. The summed E-state index contributed by atoms with van der Waals surface area (Å²) in [5.74, 6) is -1.80. The highest BCUT2D eigenvalue weighted by molar-refractivity contribution is 7.11. The number of hydrogen-bond donors (Lipinski definition) is 5. The van der Waals surface area contributed by atoms with Crippen molar-refractivity contribution in [1.82, 2.24) is 25.2 Å². The van der Waals surface area contributed by atoms with Crippen molar-refractivity contribution in [1.29, 1.82) is 0 Å². The van der Waals surface area contributed by atoms with Crippen molar-refractivity contribution in [2.24, 2.45) is 5.73 Å². The third-order valence-corrected chi connectivity index (χ3v) is 6.61. The third-order valence-electron chi connectivity index (χ3n) is 5.87.